The Kier molecular flexibility index (Phi) is 11.3. The minimum Gasteiger partial charge on any atom is -0.0693 e. The third kappa shape index (κ3) is 6.68. The molecule has 0 saturated heterocycles. The molecule has 1 rings (SSSR count). The van der Waals surface area contributed by atoms with Crippen molar-refractivity contribution in [2.75, 3.05) is 0 Å². The van der Waals surface area contributed by atoms with Crippen LogP contribution in [0.2, 0.25) is 157 Å². The molecule has 0 spiro atoms. The summed E-state index contributed by atoms with van der Waals surface area (Å²) in [5, 5.41) is 0.772. The maximum atomic E-state index is 2.93. The monoisotopic (exact) mass is 710 g/mol. The fourth-order valence-electron chi connectivity index (χ4n) is 13.2. The van der Waals surface area contributed by atoms with Crippen LogP contribution in [0.1, 0.15) is 27.4 Å². The van der Waals surface area contributed by atoms with E-state index in [4.69, 9.17) is 0 Å². The van der Waals surface area contributed by atoms with E-state index >= 15 is 0 Å². The third-order valence-electron chi connectivity index (χ3n) is 11.1. The molecule has 0 unspecified atom stereocenters. The van der Waals surface area contributed by atoms with Gasteiger partial charge in [0, 0.05) is 64.6 Å². The molecule has 0 aliphatic rings. The second-order valence-electron chi connectivity index (χ2n) is 22.4. The van der Waals surface area contributed by atoms with Gasteiger partial charge in [0.1, 0.15) is 0 Å². The summed E-state index contributed by atoms with van der Waals surface area (Å²) in [7, 11) is -13.0. The van der Waals surface area contributed by atoms with Gasteiger partial charge in [0.05, 0.1) is 0 Å². The molecule has 0 N–H and O–H groups in total. The molecule has 246 valence electrons. The molecule has 0 heterocycles. The lowest BCUT2D eigenvalue weighted by Crippen LogP contribution is -2.76. The summed E-state index contributed by atoms with van der Waals surface area (Å²) in [6.07, 6.45) is 0. The fraction of sp³-hybridized carbons (Fsp3) is 0.824. The second kappa shape index (κ2) is 11.6. The molecule has 0 aromatic heterocycles. The summed E-state index contributed by atoms with van der Waals surface area (Å²) in [6, 6.07) is 5.86. The van der Waals surface area contributed by atoms with E-state index in [9.17, 15) is 0 Å². The number of rotatable bonds is 11. The van der Waals surface area contributed by atoms with Gasteiger partial charge >= 0.3 is 0 Å². The van der Waals surface area contributed by atoms with Crippen LogP contribution < -0.4 is 0 Å². The van der Waals surface area contributed by atoms with Crippen LogP contribution in [0.5, 0.6) is 0 Å². The Hall–Kier alpha value is 0.955. The minimum atomic E-state index is -1.67. The second-order valence-corrected chi connectivity index (χ2v) is 68.1. The van der Waals surface area contributed by atoms with E-state index in [2.05, 4.69) is 176 Å². The minimum absolute atomic E-state index is 0.398. The maximum absolute atomic E-state index is 2.93. The molecule has 0 bridgehead atoms. The van der Waals surface area contributed by atoms with Crippen molar-refractivity contribution < 1.29 is 0 Å². The molecular weight excluding hydrogens is 633 g/mol. The molecule has 0 atom stereocenters. The van der Waals surface area contributed by atoms with E-state index in [0.717, 1.165) is 5.16 Å². The van der Waals surface area contributed by atoms with Gasteiger partial charge in [-0.2, -0.15) is 0 Å². The van der Waals surface area contributed by atoms with Crippen LogP contribution in [-0.4, -0.2) is 64.6 Å². The Morgan fingerprint density at radius 2 is 0.571 bits per heavy atom. The fourth-order valence-corrected chi connectivity index (χ4v) is 86.3. The molecule has 1 aromatic rings. The van der Waals surface area contributed by atoms with Gasteiger partial charge in [-0.25, -0.2) is 0 Å². The molecule has 0 nitrogen and oxygen atoms in total. The third-order valence-corrected chi connectivity index (χ3v) is 62.5. The van der Waals surface area contributed by atoms with Crippen molar-refractivity contribution in [2.24, 2.45) is 0 Å². The van der Waals surface area contributed by atoms with Gasteiger partial charge in [0.25, 0.3) is 0 Å². The van der Waals surface area contributed by atoms with E-state index in [1.165, 1.54) is 0 Å². The molecule has 0 saturated carbocycles. The van der Waals surface area contributed by atoms with Crippen LogP contribution in [0.15, 0.2) is 12.1 Å². The lowest BCUT2D eigenvalue weighted by Gasteiger charge is -2.63. The topological polar surface area (TPSA) is 0 Å². The molecular formula is C34H78Si8. The summed E-state index contributed by atoms with van der Waals surface area (Å²) in [5.41, 5.74) is 7.27. The average molecular weight is 712 g/mol. The predicted molar refractivity (Wildman–Crippen MR) is 224 cm³/mol. The molecule has 42 heavy (non-hydrogen) atoms. The van der Waals surface area contributed by atoms with Crippen molar-refractivity contribution in [2.45, 2.75) is 178 Å². The van der Waals surface area contributed by atoms with Crippen LogP contribution in [0.3, 0.4) is 0 Å². The Bertz CT molecular complexity index is 953. The SMILES string of the molecule is Cc1c(C([Si](C)(C)C)([Si](C)(C)C)[Si](C)(C)C)cc(C([Si](C)(C)C)[Si](C)(C)C)cc1C([Si](C)(C)C)([Si](C)(C)C)[Si](C)(C)C. The summed E-state index contributed by atoms with van der Waals surface area (Å²) in [5.74, 6) is 0. The van der Waals surface area contributed by atoms with Gasteiger partial charge < -0.3 is 0 Å². The van der Waals surface area contributed by atoms with Crippen LogP contribution in [0.4, 0.5) is 0 Å². The summed E-state index contributed by atoms with van der Waals surface area (Å²) in [4.78, 5) is 0. The van der Waals surface area contributed by atoms with Crippen LogP contribution >= 0.6 is 0 Å². The number of hydrogen-bond donors (Lipinski definition) is 0. The van der Waals surface area contributed by atoms with E-state index in [-0.39, 0.29) is 0 Å². The first-order valence-electron chi connectivity index (χ1n) is 17.0. The zero-order chi connectivity index (χ0) is 34.3. The molecule has 8 heteroatoms. The van der Waals surface area contributed by atoms with Crippen molar-refractivity contribution >= 4 is 64.6 Å². The standard InChI is InChI=1S/C34H78Si8/c1-28-30(33(37(8,9)10,38(11,12)13)39(14,15)16)26-29(32(35(2,3)4)36(5,6)7)27-31(28)34(40(17,18)19,41(20,21)22)42(23,24)25/h26-27,32H,1-25H3. The molecule has 0 amide bonds. The predicted octanol–water partition coefficient (Wildman–Crippen LogP) is 12.6. The van der Waals surface area contributed by atoms with E-state index in [0.29, 0.717) is 8.57 Å². The van der Waals surface area contributed by atoms with Crippen LogP contribution in [0.25, 0.3) is 0 Å². The van der Waals surface area contributed by atoms with Gasteiger partial charge in [0.15, 0.2) is 0 Å². The van der Waals surface area contributed by atoms with E-state index in [1.807, 2.05) is 11.1 Å². The Labute approximate surface area is 275 Å². The first-order valence-corrected chi connectivity index (χ1v) is 45.2. The van der Waals surface area contributed by atoms with Gasteiger partial charge in [-0.15, -0.1) is 0 Å². The Balaban J connectivity index is 5.07. The highest BCUT2D eigenvalue weighted by Crippen LogP contribution is 2.56. The van der Waals surface area contributed by atoms with Crippen molar-refractivity contribution in [1.29, 1.82) is 0 Å². The zero-order valence-corrected chi connectivity index (χ0v) is 41.7. The largest absolute Gasteiger partial charge is 0.0693 e. The van der Waals surface area contributed by atoms with Gasteiger partial charge in [-0.05, 0) is 42.9 Å². The molecule has 0 fully saturated rings. The highest BCUT2D eigenvalue weighted by Gasteiger charge is 2.64. The Morgan fingerprint density at radius 1 is 0.381 bits per heavy atom. The van der Waals surface area contributed by atoms with E-state index < -0.39 is 64.6 Å². The molecule has 1 aromatic carbocycles. The average Bonchev–Trinajstić information content (AvgIpc) is 2.55. The van der Waals surface area contributed by atoms with Gasteiger partial charge in [-0.1, -0.05) is 169 Å². The van der Waals surface area contributed by atoms with Crippen molar-refractivity contribution in [1.82, 2.24) is 0 Å². The van der Waals surface area contributed by atoms with Crippen molar-refractivity contribution in [3.63, 3.8) is 0 Å². The maximum Gasteiger partial charge on any atom is 0.0500 e. The van der Waals surface area contributed by atoms with Crippen LogP contribution in [-0.2, 0) is 8.57 Å². The smallest absolute Gasteiger partial charge is 0.0500 e. The van der Waals surface area contributed by atoms with E-state index in [1.54, 1.807) is 11.1 Å². The van der Waals surface area contributed by atoms with Crippen molar-refractivity contribution in [3.8, 4) is 0 Å². The molecule has 0 aliphatic carbocycles. The first kappa shape index (κ1) is 41.0. The molecule has 0 radical (unpaired) electrons. The number of hydrogen-bond acceptors (Lipinski definition) is 0. The zero-order valence-electron chi connectivity index (χ0n) is 33.7. The molecule has 0 aliphatic heterocycles. The first-order chi connectivity index (χ1) is 17.9. The lowest BCUT2D eigenvalue weighted by atomic mass is 10.00. The van der Waals surface area contributed by atoms with Crippen LogP contribution in [0, 0.1) is 6.92 Å². The highest BCUT2D eigenvalue weighted by molar-refractivity contribution is 7.15. The van der Waals surface area contributed by atoms with Gasteiger partial charge in [0.2, 0.25) is 0 Å². The summed E-state index contributed by atoms with van der Waals surface area (Å²) in [6.45, 7) is 68.4. The highest BCUT2D eigenvalue weighted by atomic mass is 28.5. The van der Waals surface area contributed by atoms with Gasteiger partial charge in [-0.3, -0.25) is 0 Å². The summed E-state index contributed by atoms with van der Waals surface area (Å²) >= 11 is 0. The normalized spacial score (nSPS) is 16.0. The van der Waals surface area contributed by atoms with Crippen molar-refractivity contribution in [3.05, 3.63) is 34.4 Å². The summed E-state index contributed by atoms with van der Waals surface area (Å²) < 4.78 is 0.796. The lowest BCUT2D eigenvalue weighted by molar-refractivity contribution is 0.934. The quantitative estimate of drug-likeness (QED) is 0.201. The Morgan fingerprint density at radius 3 is 0.714 bits per heavy atom. The number of benzene rings is 1.